The normalized spacial score (nSPS) is 19.6. The van der Waals surface area contributed by atoms with E-state index in [-0.39, 0.29) is 11.6 Å². The lowest BCUT2D eigenvalue weighted by Gasteiger charge is -2.27. The average Bonchev–Trinajstić information content (AvgIpc) is 2.25. The van der Waals surface area contributed by atoms with Gasteiger partial charge in [0.15, 0.2) is 0 Å². The maximum absolute atomic E-state index is 11.6. The smallest absolute Gasteiger partial charge is 0.233 e. The summed E-state index contributed by atoms with van der Waals surface area (Å²) in [6.45, 7) is 7.15. The molecule has 0 amide bonds. The van der Waals surface area contributed by atoms with Crippen molar-refractivity contribution < 1.29 is 14.5 Å². The van der Waals surface area contributed by atoms with Gasteiger partial charge in [-0.1, -0.05) is 0 Å². The lowest BCUT2D eigenvalue weighted by Crippen LogP contribution is -2.42. The van der Waals surface area contributed by atoms with Crippen molar-refractivity contribution in [2.24, 2.45) is 5.28 Å². The first-order valence-electron chi connectivity index (χ1n) is 5.57. The van der Waals surface area contributed by atoms with Gasteiger partial charge in [-0.05, 0) is 20.8 Å². The molecule has 6 nitrogen and oxygen atoms in total. The molecular weight excluding hydrogens is 210 g/mol. The molecule has 0 spiro atoms. The van der Waals surface area contributed by atoms with Crippen LogP contribution in [-0.4, -0.2) is 41.9 Å². The predicted molar refractivity (Wildman–Crippen MR) is 58.5 cm³/mol. The van der Waals surface area contributed by atoms with Crippen LogP contribution in [-0.2, 0) is 9.57 Å². The average molecular weight is 231 g/mol. The zero-order chi connectivity index (χ0) is 12.2. The zero-order valence-electron chi connectivity index (χ0n) is 10.5. The Labute approximate surface area is 96.3 Å². The minimum atomic E-state index is -0.274. The van der Waals surface area contributed by atoms with Gasteiger partial charge < -0.3 is 14.8 Å². The Hall–Kier alpha value is -1.04. The molecule has 1 aliphatic rings. The Balaban J connectivity index is 2.43. The summed E-state index contributed by atoms with van der Waals surface area (Å²) >= 11 is 0. The third-order valence-electron chi connectivity index (χ3n) is 2.66. The minimum Gasteiger partial charge on any atom is -0.569 e. The molecule has 0 aromatic heterocycles. The molecule has 0 aromatic rings. The van der Waals surface area contributed by atoms with E-state index in [1.54, 1.807) is 7.05 Å². The van der Waals surface area contributed by atoms with Gasteiger partial charge in [0.1, 0.15) is 6.10 Å². The van der Waals surface area contributed by atoms with Crippen LogP contribution in [0, 0.1) is 5.21 Å². The Bertz CT molecular complexity index is 244. The van der Waals surface area contributed by atoms with E-state index in [1.807, 2.05) is 20.8 Å². The summed E-state index contributed by atoms with van der Waals surface area (Å²) in [4.78, 5) is 5.67. The molecule has 16 heavy (non-hydrogen) atoms. The number of rotatable bonds is 3. The summed E-state index contributed by atoms with van der Waals surface area (Å²) in [6.07, 6.45) is 1.58. The van der Waals surface area contributed by atoms with Gasteiger partial charge in [0.25, 0.3) is 0 Å². The van der Waals surface area contributed by atoms with E-state index in [1.165, 1.54) is 5.01 Å². The second-order valence-electron chi connectivity index (χ2n) is 4.95. The number of ether oxygens (including phenoxy) is 1. The fourth-order valence-corrected chi connectivity index (χ4v) is 1.20. The van der Waals surface area contributed by atoms with E-state index in [0.29, 0.717) is 18.2 Å². The molecule has 6 heteroatoms. The molecule has 0 atom stereocenters. The van der Waals surface area contributed by atoms with Crippen molar-refractivity contribution in [2.75, 3.05) is 20.3 Å². The first kappa shape index (κ1) is 13.0. The van der Waals surface area contributed by atoms with Crippen LogP contribution in [0.1, 0.15) is 33.6 Å². The van der Waals surface area contributed by atoms with E-state index < -0.39 is 0 Å². The van der Waals surface area contributed by atoms with Gasteiger partial charge in [0.05, 0.1) is 30.8 Å². The molecule has 1 saturated heterocycles. The summed E-state index contributed by atoms with van der Waals surface area (Å²) in [6, 6.07) is 0. The fourth-order valence-electron chi connectivity index (χ4n) is 1.20. The highest BCUT2D eigenvalue weighted by Gasteiger charge is 2.25. The molecule has 1 fully saturated rings. The number of hydrogen-bond acceptors (Lipinski definition) is 4. The maximum atomic E-state index is 11.6. The van der Waals surface area contributed by atoms with Crippen LogP contribution in [0.3, 0.4) is 0 Å². The molecule has 1 aliphatic heterocycles. The highest BCUT2D eigenvalue weighted by Crippen LogP contribution is 2.13. The van der Waals surface area contributed by atoms with Gasteiger partial charge in [-0.15, -0.1) is 5.01 Å². The van der Waals surface area contributed by atoms with E-state index in [9.17, 15) is 5.21 Å². The third kappa shape index (κ3) is 3.84. The van der Waals surface area contributed by atoms with Crippen molar-refractivity contribution in [2.45, 2.75) is 45.3 Å². The molecule has 94 valence electrons. The molecule has 0 aliphatic carbocycles. The van der Waals surface area contributed by atoms with Crippen LogP contribution in [0.25, 0.3) is 0 Å². The zero-order valence-corrected chi connectivity index (χ0v) is 10.5. The maximum Gasteiger partial charge on any atom is 0.233 e. The van der Waals surface area contributed by atoms with E-state index in [4.69, 9.17) is 9.57 Å². The van der Waals surface area contributed by atoms with Gasteiger partial charge in [-0.2, -0.15) is 0 Å². The summed E-state index contributed by atoms with van der Waals surface area (Å²) in [7, 11) is 1.68. The van der Waals surface area contributed by atoms with Gasteiger partial charge in [0.2, 0.25) is 5.28 Å². The summed E-state index contributed by atoms with van der Waals surface area (Å²) < 4.78 is 5.18. The van der Waals surface area contributed by atoms with Gasteiger partial charge in [0, 0.05) is 12.8 Å². The topological polar surface area (TPSA) is 60.1 Å². The molecule has 1 rings (SSSR count). The largest absolute Gasteiger partial charge is 0.569 e. The Morgan fingerprint density at radius 1 is 1.38 bits per heavy atom. The second-order valence-corrected chi connectivity index (χ2v) is 4.95. The van der Waals surface area contributed by atoms with Crippen molar-refractivity contribution >= 4 is 0 Å². The molecular formula is C10H21N3O3. The Morgan fingerprint density at radius 3 is 2.44 bits per heavy atom. The van der Waals surface area contributed by atoms with Crippen LogP contribution in [0.5, 0.6) is 0 Å². The number of hydrazine groups is 1. The van der Waals surface area contributed by atoms with Crippen LogP contribution < -0.4 is 0 Å². The third-order valence-corrected chi connectivity index (χ3v) is 2.66. The van der Waals surface area contributed by atoms with Gasteiger partial charge in [-0.25, -0.2) is 0 Å². The monoisotopic (exact) mass is 231 g/mol. The van der Waals surface area contributed by atoms with E-state index in [0.717, 1.165) is 12.8 Å². The molecule has 0 unspecified atom stereocenters. The van der Waals surface area contributed by atoms with Crippen LogP contribution in [0.15, 0.2) is 5.28 Å². The molecule has 0 aromatic carbocycles. The molecule has 0 radical (unpaired) electrons. The van der Waals surface area contributed by atoms with Crippen molar-refractivity contribution in [3.05, 3.63) is 5.21 Å². The van der Waals surface area contributed by atoms with Crippen molar-refractivity contribution in [1.82, 2.24) is 5.01 Å². The number of hydrogen-bond donors (Lipinski definition) is 0. The van der Waals surface area contributed by atoms with Gasteiger partial charge in [-0.3, -0.25) is 0 Å². The van der Waals surface area contributed by atoms with Crippen molar-refractivity contribution in [3.63, 3.8) is 0 Å². The van der Waals surface area contributed by atoms with Crippen LogP contribution in [0.4, 0.5) is 0 Å². The fraction of sp³-hybridized carbons (Fsp3) is 1.00. The first-order valence-corrected chi connectivity index (χ1v) is 5.57. The van der Waals surface area contributed by atoms with Crippen molar-refractivity contribution in [3.8, 4) is 0 Å². The van der Waals surface area contributed by atoms with E-state index in [2.05, 4.69) is 5.28 Å². The lowest BCUT2D eigenvalue weighted by atomic mass is 10.1. The van der Waals surface area contributed by atoms with E-state index >= 15 is 0 Å². The summed E-state index contributed by atoms with van der Waals surface area (Å²) in [5, 5.41) is 16.6. The first-order chi connectivity index (χ1) is 7.41. The quantitative estimate of drug-likeness (QED) is 0.421. The number of nitrogens with zero attached hydrogens (tertiary/aromatic N) is 3. The second kappa shape index (κ2) is 5.34. The standard InChI is InChI=1S/C10H21N3O3/c1-10(2,3)12(4)13(14)11-16-9-5-7-15-8-6-9/h9H,5-8H2,1-4H3/b13-11+. The predicted octanol–water partition coefficient (Wildman–Crippen LogP) is 1.70. The van der Waals surface area contributed by atoms with Gasteiger partial charge >= 0.3 is 0 Å². The molecule has 0 bridgehead atoms. The van der Waals surface area contributed by atoms with Crippen molar-refractivity contribution in [1.29, 1.82) is 0 Å². The van der Waals surface area contributed by atoms with Crippen LogP contribution >= 0.6 is 0 Å². The molecule has 1 heterocycles. The lowest BCUT2D eigenvalue weighted by molar-refractivity contribution is -0.720. The highest BCUT2D eigenvalue weighted by molar-refractivity contribution is 4.65. The summed E-state index contributed by atoms with van der Waals surface area (Å²) in [5.41, 5.74) is -0.274. The SMILES string of the molecule is CN(/[N+]([O-])=N\OC1CCOCC1)C(C)(C)C. The summed E-state index contributed by atoms with van der Waals surface area (Å²) in [5.74, 6) is 0. The van der Waals surface area contributed by atoms with Crippen LogP contribution in [0.2, 0.25) is 0 Å². The Morgan fingerprint density at radius 2 is 1.94 bits per heavy atom. The molecule has 0 N–H and O–H groups in total. The molecule has 0 saturated carbocycles. The highest BCUT2D eigenvalue weighted by atomic mass is 16.7. The minimum absolute atomic E-state index is 0.00133. The Kier molecular flexibility index (Phi) is 4.35.